The van der Waals surface area contributed by atoms with E-state index in [1.54, 1.807) is 0 Å². The molecule has 0 saturated heterocycles. The molecule has 1 aromatic carbocycles. The number of benzene rings is 1. The molecule has 22 heavy (non-hydrogen) atoms. The second-order valence-electron chi connectivity index (χ2n) is 5.59. The van der Waals surface area contributed by atoms with E-state index < -0.39 is 41.0 Å². The maximum atomic E-state index is 14.8. The molecule has 3 N–H and O–H groups in total. The van der Waals surface area contributed by atoms with E-state index in [1.807, 2.05) is 0 Å². The molecular formula is C14H17BrF3NO3. The molecule has 4 nitrogen and oxygen atoms in total. The van der Waals surface area contributed by atoms with Crippen LogP contribution < -0.4 is 5.73 Å². The molecule has 0 fully saturated rings. The lowest BCUT2D eigenvalue weighted by Gasteiger charge is -2.43. The van der Waals surface area contributed by atoms with Crippen molar-refractivity contribution in [1.29, 1.82) is 0 Å². The summed E-state index contributed by atoms with van der Waals surface area (Å²) in [5.74, 6) is -6.03. The van der Waals surface area contributed by atoms with E-state index in [1.165, 1.54) is 6.07 Å². The number of rotatable bonds is 6. The molecule has 0 amide bonds. The Labute approximate surface area is 134 Å². The van der Waals surface area contributed by atoms with Gasteiger partial charge in [0.1, 0.15) is 23.6 Å². The van der Waals surface area contributed by atoms with Crippen molar-refractivity contribution in [2.75, 3.05) is 6.61 Å². The van der Waals surface area contributed by atoms with E-state index in [4.69, 9.17) is 15.6 Å². The van der Waals surface area contributed by atoms with E-state index in [-0.39, 0.29) is 0 Å². The van der Waals surface area contributed by atoms with Crippen LogP contribution in [0.25, 0.3) is 0 Å². The second-order valence-corrected chi connectivity index (χ2v) is 6.51. The number of alkyl halides is 2. The molecule has 1 atom stereocenters. The van der Waals surface area contributed by atoms with Crippen LogP contribution in [0.15, 0.2) is 22.7 Å². The van der Waals surface area contributed by atoms with Gasteiger partial charge in [-0.2, -0.15) is 0 Å². The van der Waals surface area contributed by atoms with E-state index in [0.717, 1.165) is 32.9 Å². The molecule has 0 aliphatic heterocycles. The summed E-state index contributed by atoms with van der Waals surface area (Å²) in [6.07, 6.45) is 0. The van der Waals surface area contributed by atoms with Crippen LogP contribution in [0.1, 0.15) is 26.3 Å². The van der Waals surface area contributed by atoms with Gasteiger partial charge in [0.05, 0.1) is 0 Å². The number of hydrogen-bond acceptors (Lipinski definition) is 3. The first-order valence-corrected chi connectivity index (χ1v) is 7.10. The Kier molecular flexibility index (Phi) is 5.31. The van der Waals surface area contributed by atoms with Crippen molar-refractivity contribution in [2.24, 2.45) is 5.73 Å². The SMILES string of the molecule is CC(C)(OCC(=O)O)C(F)(F)[C@](C)(N)c1cc(Br)ccc1F. The van der Waals surface area contributed by atoms with E-state index in [9.17, 15) is 18.0 Å². The molecule has 1 aromatic rings. The lowest BCUT2D eigenvalue weighted by atomic mass is 9.78. The van der Waals surface area contributed by atoms with Crippen molar-refractivity contribution >= 4 is 21.9 Å². The number of carboxylic acids is 1. The molecule has 1 rings (SSSR count). The van der Waals surface area contributed by atoms with Crippen molar-refractivity contribution in [3.63, 3.8) is 0 Å². The number of carbonyl (C=O) groups is 1. The monoisotopic (exact) mass is 383 g/mol. The van der Waals surface area contributed by atoms with Gasteiger partial charge in [-0.3, -0.25) is 0 Å². The summed E-state index contributed by atoms with van der Waals surface area (Å²) < 4.78 is 48.7. The maximum absolute atomic E-state index is 14.8. The van der Waals surface area contributed by atoms with Gasteiger partial charge in [-0.05, 0) is 39.0 Å². The molecule has 0 heterocycles. The summed E-state index contributed by atoms with van der Waals surface area (Å²) in [5, 5.41) is 8.58. The minimum absolute atomic E-state index is 0.389. The van der Waals surface area contributed by atoms with Gasteiger partial charge in [0.15, 0.2) is 0 Å². The number of hydrogen-bond donors (Lipinski definition) is 2. The highest BCUT2D eigenvalue weighted by molar-refractivity contribution is 9.10. The van der Waals surface area contributed by atoms with Gasteiger partial charge < -0.3 is 15.6 Å². The van der Waals surface area contributed by atoms with E-state index in [0.29, 0.717) is 4.47 Å². The van der Waals surface area contributed by atoms with Crippen molar-refractivity contribution in [1.82, 2.24) is 0 Å². The zero-order chi connectivity index (χ0) is 17.3. The molecule has 0 aromatic heterocycles. The largest absolute Gasteiger partial charge is 0.480 e. The highest BCUT2D eigenvalue weighted by Crippen LogP contribution is 2.45. The average Bonchev–Trinajstić information content (AvgIpc) is 2.38. The van der Waals surface area contributed by atoms with Gasteiger partial charge >= 0.3 is 5.97 Å². The van der Waals surface area contributed by atoms with Crippen LogP contribution in [0, 0.1) is 5.82 Å². The summed E-state index contributed by atoms with van der Waals surface area (Å²) in [6, 6.07) is 3.54. The van der Waals surface area contributed by atoms with Gasteiger partial charge in [-0.15, -0.1) is 0 Å². The smallest absolute Gasteiger partial charge is 0.329 e. The number of ether oxygens (including phenoxy) is 1. The first-order valence-electron chi connectivity index (χ1n) is 6.31. The predicted molar refractivity (Wildman–Crippen MR) is 78.3 cm³/mol. The Morgan fingerprint density at radius 3 is 2.41 bits per heavy atom. The number of carboxylic acid groups (broad SMARTS) is 1. The van der Waals surface area contributed by atoms with Gasteiger partial charge in [0.25, 0.3) is 5.92 Å². The summed E-state index contributed by atoms with van der Waals surface area (Å²) in [7, 11) is 0. The first-order chi connectivity index (χ1) is 9.83. The third-order valence-electron chi connectivity index (χ3n) is 3.45. The molecule has 0 saturated carbocycles. The fraction of sp³-hybridized carbons (Fsp3) is 0.500. The Balaban J connectivity index is 3.28. The molecular weight excluding hydrogens is 367 g/mol. The lowest BCUT2D eigenvalue weighted by molar-refractivity contribution is -0.227. The van der Waals surface area contributed by atoms with Crippen LogP contribution in [0.4, 0.5) is 13.2 Å². The van der Waals surface area contributed by atoms with Gasteiger partial charge in [-0.25, -0.2) is 18.0 Å². The van der Waals surface area contributed by atoms with Gasteiger partial charge in [-0.1, -0.05) is 15.9 Å². The van der Waals surface area contributed by atoms with Crippen molar-refractivity contribution in [2.45, 2.75) is 37.8 Å². The van der Waals surface area contributed by atoms with Gasteiger partial charge in [0, 0.05) is 10.0 Å². The number of nitrogens with two attached hydrogens (primary N) is 1. The molecule has 0 bridgehead atoms. The maximum Gasteiger partial charge on any atom is 0.329 e. The van der Waals surface area contributed by atoms with Crippen LogP contribution in [-0.4, -0.2) is 29.2 Å². The lowest BCUT2D eigenvalue weighted by Crippen LogP contribution is -2.62. The third kappa shape index (κ3) is 3.44. The standard InChI is InChI=1S/C14H17BrF3NO3/c1-12(2,22-7-11(20)21)14(17,18)13(3,19)9-6-8(15)4-5-10(9)16/h4-6H,7,19H2,1-3H3,(H,20,21)/t13-/m1/s1. The van der Waals surface area contributed by atoms with Crippen LogP contribution >= 0.6 is 15.9 Å². The van der Waals surface area contributed by atoms with E-state index in [2.05, 4.69) is 15.9 Å². The highest BCUT2D eigenvalue weighted by atomic mass is 79.9. The zero-order valence-corrected chi connectivity index (χ0v) is 13.9. The molecule has 124 valence electrons. The molecule has 0 aliphatic rings. The quantitative estimate of drug-likeness (QED) is 0.790. The van der Waals surface area contributed by atoms with Crippen molar-refractivity contribution in [3.05, 3.63) is 34.1 Å². The zero-order valence-electron chi connectivity index (χ0n) is 12.3. The Morgan fingerprint density at radius 1 is 1.36 bits per heavy atom. The number of halogens is 4. The second kappa shape index (κ2) is 6.17. The highest BCUT2D eigenvalue weighted by Gasteiger charge is 2.60. The van der Waals surface area contributed by atoms with E-state index >= 15 is 0 Å². The fourth-order valence-corrected chi connectivity index (χ4v) is 2.38. The Bertz CT molecular complexity index is 576. The van der Waals surface area contributed by atoms with Gasteiger partial charge in [0.2, 0.25) is 0 Å². The minimum Gasteiger partial charge on any atom is -0.480 e. The third-order valence-corrected chi connectivity index (χ3v) is 3.95. The molecule has 8 heteroatoms. The topological polar surface area (TPSA) is 72.5 Å². The summed E-state index contributed by atoms with van der Waals surface area (Å²) >= 11 is 3.08. The summed E-state index contributed by atoms with van der Waals surface area (Å²) in [6.45, 7) is 2.08. The predicted octanol–water partition coefficient (Wildman–Crippen LogP) is 3.28. The van der Waals surface area contributed by atoms with Crippen LogP contribution in [0.2, 0.25) is 0 Å². The normalized spacial score (nSPS) is 15.5. The van der Waals surface area contributed by atoms with Crippen LogP contribution in [0.5, 0.6) is 0 Å². The summed E-state index contributed by atoms with van der Waals surface area (Å²) in [4.78, 5) is 10.5. The minimum atomic E-state index is -3.75. The van der Waals surface area contributed by atoms with Crippen LogP contribution in [-0.2, 0) is 15.1 Å². The Hall–Kier alpha value is -1.12. The average molecular weight is 384 g/mol. The molecule has 0 unspecified atom stereocenters. The first kappa shape index (κ1) is 18.9. The van der Waals surface area contributed by atoms with Crippen molar-refractivity contribution in [3.8, 4) is 0 Å². The van der Waals surface area contributed by atoms with Crippen LogP contribution in [0.3, 0.4) is 0 Å². The Morgan fingerprint density at radius 2 is 1.91 bits per heavy atom. The fourth-order valence-electron chi connectivity index (χ4n) is 2.02. The van der Waals surface area contributed by atoms with Crippen molar-refractivity contribution < 1.29 is 27.8 Å². The number of aliphatic carboxylic acids is 1. The molecule has 0 radical (unpaired) electrons. The molecule has 0 aliphatic carbocycles. The summed E-state index contributed by atoms with van der Waals surface area (Å²) in [5.41, 5.74) is 0.704. The molecule has 0 spiro atoms.